The average Bonchev–Trinajstić information content (AvgIpc) is 2.67. The Bertz CT molecular complexity index is 1250. The van der Waals surface area contributed by atoms with Crippen molar-refractivity contribution >= 4 is 44.7 Å². The highest BCUT2D eigenvalue weighted by molar-refractivity contribution is 7.90. The van der Waals surface area contributed by atoms with Crippen molar-refractivity contribution in [1.29, 1.82) is 0 Å². The lowest BCUT2D eigenvalue weighted by atomic mass is 10.2. The highest BCUT2D eigenvalue weighted by atomic mass is 35.5. The average molecular weight is 451 g/mol. The summed E-state index contributed by atoms with van der Waals surface area (Å²) in [4.78, 5) is 0.117. The number of nitrogens with zero attached hydrogens (tertiary/aromatic N) is 1. The van der Waals surface area contributed by atoms with Crippen LogP contribution in [0.15, 0.2) is 70.0 Å². The van der Waals surface area contributed by atoms with Crippen LogP contribution in [0.4, 0.5) is 10.1 Å². The molecular weight excluding hydrogens is 438 g/mol. The molecule has 29 heavy (non-hydrogen) atoms. The summed E-state index contributed by atoms with van der Waals surface area (Å²) in [6.45, 7) is 0.0964. The Balaban J connectivity index is 1.57. The van der Waals surface area contributed by atoms with E-state index in [1.54, 1.807) is 36.4 Å². The molecule has 1 aliphatic heterocycles. The monoisotopic (exact) mass is 450 g/mol. The summed E-state index contributed by atoms with van der Waals surface area (Å²) in [7, 11) is -3.81. The van der Waals surface area contributed by atoms with Gasteiger partial charge in [-0.25, -0.2) is 4.39 Å². The van der Waals surface area contributed by atoms with Gasteiger partial charge in [0, 0.05) is 11.1 Å². The molecule has 0 amide bonds. The van der Waals surface area contributed by atoms with Crippen LogP contribution in [-0.4, -0.2) is 14.3 Å². The molecular formula is C20H13Cl2FN2O3S. The minimum atomic E-state index is -3.81. The Kier molecular flexibility index (Phi) is 5.21. The van der Waals surface area contributed by atoms with Crippen LogP contribution < -0.4 is 10.1 Å². The third kappa shape index (κ3) is 4.07. The Morgan fingerprint density at radius 3 is 2.55 bits per heavy atom. The van der Waals surface area contributed by atoms with Crippen molar-refractivity contribution in [1.82, 2.24) is 0 Å². The van der Waals surface area contributed by atoms with Gasteiger partial charge in [-0.1, -0.05) is 41.4 Å². The van der Waals surface area contributed by atoms with E-state index in [1.807, 2.05) is 0 Å². The topological polar surface area (TPSA) is 67.8 Å². The number of amidine groups is 1. The maximum Gasteiger partial charge on any atom is 0.286 e. The zero-order chi connectivity index (χ0) is 20.6. The molecule has 1 aliphatic rings. The lowest BCUT2D eigenvalue weighted by Crippen LogP contribution is -2.22. The predicted octanol–water partition coefficient (Wildman–Crippen LogP) is 5.27. The van der Waals surface area contributed by atoms with Crippen LogP contribution in [-0.2, 0) is 16.6 Å². The molecule has 3 aromatic rings. The summed E-state index contributed by atoms with van der Waals surface area (Å²) >= 11 is 12.3. The Morgan fingerprint density at radius 2 is 1.79 bits per heavy atom. The molecule has 5 nitrogen and oxygen atoms in total. The van der Waals surface area contributed by atoms with Gasteiger partial charge in [-0.2, -0.15) is 8.42 Å². The van der Waals surface area contributed by atoms with E-state index in [0.29, 0.717) is 22.6 Å². The van der Waals surface area contributed by atoms with Crippen molar-refractivity contribution in [3.05, 3.63) is 87.7 Å². The van der Waals surface area contributed by atoms with Crippen LogP contribution in [0.3, 0.4) is 0 Å². The van der Waals surface area contributed by atoms with Gasteiger partial charge in [0.15, 0.2) is 5.84 Å². The van der Waals surface area contributed by atoms with Crippen molar-refractivity contribution in [2.75, 3.05) is 5.32 Å². The summed E-state index contributed by atoms with van der Waals surface area (Å²) in [5.41, 5.74) is 1.54. The van der Waals surface area contributed by atoms with E-state index < -0.39 is 15.8 Å². The number of ether oxygens (including phenoxy) is 1. The number of hydrogen-bond donors (Lipinski definition) is 1. The van der Waals surface area contributed by atoms with Crippen molar-refractivity contribution in [3.63, 3.8) is 0 Å². The number of fused-ring (bicyclic) bond motifs is 1. The van der Waals surface area contributed by atoms with Crippen LogP contribution in [0.2, 0.25) is 10.0 Å². The van der Waals surface area contributed by atoms with Crippen molar-refractivity contribution in [2.24, 2.45) is 4.40 Å². The standard InChI is InChI=1S/C20H13Cl2FN2O3S/c21-15-10-14(23)7-5-13(15)11-28-18-8-6-12(9-16(18)22)20-24-17-3-1-2-4-19(17)29(26,27)25-20/h1-10H,11H2,(H,24,25). The molecule has 0 fully saturated rings. The van der Waals surface area contributed by atoms with Gasteiger partial charge >= 0.3 is 0 Å². The second kappa shape index (κ2) is 7.67. The van der Waals surface area contributed by atoms with Gasteiger partial charge < -0.3 is 10.1 Å². The first-order valence-electron chi connectivity index (χ1n) is 8.41. The Labute approximate surface area is 176 Å². The number of anilines is 1. The zero-order valence-corrected chi connectivity index (χ0v) is 17.0. The molecule has 1 heterocycles. The number of para-hydroxylation sites is 1. The molecule has 0 radical (unpaired) electrons. The van der Waals surface area contributed by atoms with Crippen LogP contribution in [0, 0.1) is 5.82 Å². The van der Waals surface area contributed by atoms with Crippen LogP contribution >= 0.6 is 23.2 Å². The van der Waals surface area contributed by atoms with E-state index in [4.69, 9.17) is 27.9 Å². The van der Waals surface area contributed by atoms with Crippen LogP contribution in [0.5, 0.6) is 5.75 Å². The SMILES string of the molecule is O=S1(=O)N=C(c2ccc(OCc3ccc(F)cc3Cl)c(Cl)c2)Nc2ccccc21. The van der Waals surface area contributed by atoms with Gasteiger partial charge in [-0.15, -0.1) is 4.40 Å². The number of hydrogen-bond acceptors (Lipinski definition) is 4. The predicted molar refractivity (Wildman–Crippen MR) is 111 cm³/mol. The molecule has 3 aromatic carbocycles. The first kappa shape index (κ1) is 19.7. The molecule has 4 rings (SSSR count). The Hall–Kier alpha value is -2.61. The van der Waals surface area contributed by atoms with E-state index in [1.165, 1.54) is 24.3 Å². The first-order valence-corrected chi connectivity index (χ1v) is 10.6. The minimum absolute atomic E-state index is 0.0964. The second-order valence-corrected chi connectivity index (χ2v) is 8.59. The molecule has 0 aromatic heterocycles. The fourth-order valence-corrected chi connectivity index (χ4v) is 4.39. The summed E-state index contributed by atoms with van der Waals surface area (Å²) < 4.78 is 47.4. The van der Waals surface area contributed by atoms with E-state index in [9.17, 15) is 12.8 Å². The lowest BCUT2D eigenvalue weighted by molar-refractivity contribution is 0.306. The quantitative estimate of drug-likeness (QED) is 0.587. The Morgan fingerprint density at radius 1 is 1.00 bits per heavy atom. The van der Waals surface area contributed by atoms with Gasteiger partial charge in [-0.05, 0) is 42.5 Å². The highest BCUT2D eigenvalue weighted by Crippen LogP contribution is 2.31. The first-order chi connectivity index (χ1) is 13.8. The number of halogens is 3. The molecule has 0 saturated heterocycles. The van der Waals surface area contributed by atoms with Crippen molar-refractivity contribution < 1.29 is 17.5 Å². The van der Waals surface area contributed by atoms with Crippen molar-refractivity contribution in [2.45, 2.75) is 11.5 Å². The smallest absolute Gasteiger partial charge is 0.286 e. The normalized spacial score (nSPS) is 14.5. The molecule has 148 valence electrons. The molecule has 0 saturated carbocycles. The highest BCUT2D eigenvalue weighted by Gasteiger charge is 2.25. The minimum Gasteiger partial charge on any atom is -0.487 e. The van der Waals surface area contributed by atoms with Crippen LogP contribution in [0.25, 0.3) is 0 Å². The molecule has 0 atom stereocenters. The van der Waals surface area contributed by atoms with E-state index in [0.717, 1.165) is 0 Å². The molecule has 0 bridgehead atoms. The van der Waals surface area contributed by atoms with E-state index in [-0.39, 0.29) is 27.4 Å². The summed E-state index contributed by atoms with van der Waals surface area (Å²) in [6, 6.07) is 15.3. The fraction of sp³-hybridized carbons (Fsp3) is 0.0500. The van der Waals surface area contributed by atoms with Gasteiger partial charge in [0.05, 0.1) is 15.7 Å². The number of rotatable bonds is 4. The zero-order valence-electron chi connectivity index (χ0n) is 14.7. The fourth-order valence-electron chi connectivity index (χ4n) is 2.80. The number of nitrogens with one attached hydrogen (secondary N) is 1. The molecule has 0 spiro atoms. The maximum atomic E-state index is 13.1. The number of sulfonamides is 1. The van der Waals surface area contributed by atoms with Gasteiger partial charge in [0.25, 0.3) is 10.0 Å². The lowest BCUT2D eigenvalue weighted by Gasteiger charge is -2.18. The van der Waals surface area contributed by atoms with Gasteiger partial charge in [-0.3, -0.25) is 0 Å². The summed E-state index contributed by atoms with van der Waals surface area (Å²) in [5, 5.41) is 3.52. The maximum absolute atomic E-state index is 13.1. The summed E-state index contributed by atoms with van der Waals surface area (Å²) in [6.07, 6.45) is 0. The van der Waals surface area contributed by atoms with Crippen LogP contribution in [0.1, 0.15) is 11.1 Å². The largest absolute Gasteiger partial charge is 0.487 e. The van der Waals surface area contributed by atoms with Crippen molar-refractivity contribution in [3.8, 4) is 5.75 Å². The second-order valence-electron chi connectivity index (χ2n) is 6.21. The molecule has 9 heteroatoms. The number of benzene rings is 3. The molecule has 0 unspecified atom stereocenters. The van der Waals surface area contributed by atoms with Gasteiger partial charge in [0.1, 0.15) is 23.1 Å². The third-order valence-corrected chi connectivity index (χ3v) is 6.22. The molecule has 0 aliphatic carbocycles. The van der Waals surface area contributed by atoms with E-state index in [2.05, 4.69) is 9.71 Å². The molecule has 1 N–H and O–H groups in total. The third-order valence-electron chi connectivity index (χ3n) is 4.23. The summed E-state index contributed by atoms with van der Waals surface area (Å²) in [5.74, 6) is 0.104. The van der Waals surface area contributed by atoms with E-state index >= 15 is 0 Å². The van der Waals surface area contributed by atoms with Gasteiger partial charge in [0.2, 0.25) is 0 Å².